The van der Waals surface area contributed by atoms with Gasteiger partial charge in [0.05, 0.1) is 13.2 Å². The SMILES string of the molecule is CCCCOCCCNC(=NCc1cccc(COC)c1)NCC. The van der Waals surface area contributed by atoms with Crippen LogP contribution in [0.4, 0.5) is 0 Å². The molecule has 0 aliphatic carbocycles. The van der Waals surface area contributed by atoms with Gasteiger partial charge in [0, 0.05) is 33.4 Å². The summed E-state index contributed by atoms with van der Waals surface area (Å²) in [6.45, 7) is 8.91. The second-order valence-electron chi connectivity index (χ2n) is 5.69. The van der Waals surface area contributed by atoms with E-state index in [-0.39, 0.29) is 0 Å². The molecule has 0 spiro atoms. The first-order valence-corrected chi connectivity index (χ1v) is 8.96. The van der Waals surface area contributed by atoms with Crippen LogP contribution in [0, 0.1) is 0 Å². The molecule has 0 aliphatic rings. The normalized spacial score (nSPS) is 11.5. The highest BCUT2D eigenvalue weighted by atomic mass is 16.5. The van der Waals surface area contributed by atoms with E-state index < -0.39 is 0 Å². The van der Waals surface area contributed by atoms with Crippen LogP contribution in [-0.2, 0) is 22.6 Å². The van der Waals surface area contributed by atoms with E-state index >= 15 is 0 Å². The van der Waals surface area contributed by atoms with Gasteiger partial charge in [-0.1, -0.05) is 37.6 Å². The monoisotopic (exact) mass is 335 g/mol. The predicted octanol–water partition coefficient (Wildman–Crippen LogP) is 3.09. The number of benzene rings is 1. The number of methoxy groups -OCH3 is 1. The van der Waals surface area contributed by atoms with Crippen molar-refractivity contribution >= 4 is 5.96 Å². The lowest BCUT2D eigenvalue weighted by molar-refractivity contribution is 0.129. The van der Waals surface area contributed by atoms with Crippen molar-refractivity contribution in [3.63, 3.8) is 0 Å². The Morgan fingerprint density at radius 3 is 2.62 bits per heavy atom. The van der Waals surface area contributed by atoms with Crippen molar-refractivity contribution in [2.75, 3.05) is 33.4 Å². The first-order valence-electron chi connectivity index (χ1n) is 8.96. The van der Waals surface area contributed by atoms with E-state index in [0.29, 0.717) is 13.2 Å². The summed E-state index contributed by atoms with van der Waals surface area (Å²) >= 11 is 0. The quantitative estimate of drug-likeness (QED) is 0.350. The number of aliphatic imine (C=N–C) groups is 1. The Hall–Kier alpha value is -1.59. The van der Waals surface area contributed by atoms with E-state index in [1.807, 2.05) is 6.07 Å². The molecule has 0 bridgehead atoms. The summed E-state index contributed by atoms with van der Waals surface area (Å²) in [5.74, 6) is 0.850. The lowest BCUT2D eigenvalue weighted by Gasteiger charge is -2.11. The van der Waals surface area contributed by atoms with Crippen LogP contribution in [0.25, 0.3) is 0 Å². The van der Waals surface area contributed by atoms with Gasteiger partial charge >= 0.3 is 0 Å². The van der Waals surface area contributed by atoms with Crippen molar-refractivity contribution in [1.29, 1.82) is 0 Å². The van der Waals surface area contributed by atoms with Crippen LogP contribution >= 0.6 is 0 Å². The molecule has 1 rings (SSSR count). The molecular weight excluding hydrogens is 302 g/mol. The van der Waals surface area contributed by atoms with E-state index in [1.165, 1.54) is 17.5 Å². The van der Waals surface area contributed by atoms with Crippen LogP contribution in [0.15, 0.2) is 29.3 Å². The number of nitrogens with one attached hydrogen (secondary N) is 2. The smallest absolute Gasteiger partial charge is 0.191 e. The van der Waals surface area contributed by atoms with Crippen molar-refractivity contribution in [3.05, 3.63) is 35.4 Å². The zero-order valence-corrected chi connectivity index (χ0v) is 15.4. The molecule has 136 valence electrons. The molecule has 24 heavy (non-hydrogen) atoms. The zero-order valence-electron chi connectivity index (χ0n) is 15.4. The van der Waals surface area contributed by atoms with Crippen molar-refractivity contribution in [2.24, 2.45) is 4.99 Å². The van der Waals surface area contributed by atoms with Crippen LogP contribution in [-0.4, -0.2) is 39.4 Å². The molecule has 5 nitrogen and oxygen atoms in total. The van der Waals surface area contributed by atoms with Gasteiger partial charge < -0.3 is 20.1 Å². The van der Waals surface area contributed by atoms with Gasteiger partial charge in [0.25, 0.3) is 0 Å². The number of hydrogen-bond acceptors (Lipinski definition) is 3. The van der Waals surface area contributed by atoms with Gasteiger partial charge in [0.15, 0.2) is 5.96 Å². The summed E-state index contributed by atoms with van der Waals surface area (Å²) in [5.41, 5.74) is 2.36. The molecule has 0 aromatic heterocycles. The first-order chi connectivity index (χ1) is 11.8. The standard InChI is InChI=1S/C19H33N3O2/c1-4-6-12-24-13-8-11-21-19(20-5-2)22-15-17-9-7-10-18(14-17)16-23-3/h7,9-10,14H,4-6,8,11-13,15-16H2,1-3H3,(H2,20,21,22). The number of guanidine groups is 1. The Bertz CT molecular complexity index is 464. The second kappa shape index (κ2) is 13.8. The number of unbranched alkanes of at least 4 members (excludes halogenated alkanes) is 1. The predicted molar refractivity (Wildman–Crippen MR) is 100 cm³/mol. The zero-order chi connectivity index (χ0) is 17.5. The highest BCUT2D eigenvalue weighted by Crippen LogP contribution is 2.07. The molecule has 0 fully saturated rings. The molecule has 0 saturated carbocycles. The van der Waals surface area contributed by atoms with Gasteiger partial charge in [-0.3, -0.25) is 0 Å². The molecule has 2 N–H and O–H groups in total. The van der Waals surface area contributed by atoms with Crippen LogP contribution in [0.3, 0.4) is 0 Å². The van der Waals surface area contributed by atoms with E-state index in [4.69, 9.17) is 9.47 Å². The Labute approximate surface area is 146 Å². The third kappa shape index (κ3) is 9.53. The largest absolute Gasteiger partial charge is 0.381 e. The molecule has 0 radical (unpaired) electrons. The Kier molecular flexibility index (Phi) is 11.8. The second-order valence-corrected chi connectivity index (χ2v) is 5.69. The molecule has 0 saturated heterocycles. The minimum absolute atomic E-state index is 0.633. The summed E-state index contributed by atoms with van der Waals surface area (Å²) in [6, 6.07) is 8.35. The van der Waals surface area contributed by atoms with E-state index in [9.17, 15) is 0 Å². The summed E-state index contributed by atoms with van der Waals surface area (Å²) in [7, 11) is 1.71. The minimum Gasteiger partial charge on any atom is -0.381 e. The Morgan fingerprint density at radius 1 is 1.08 bits per heavy atom. The maximum atomic E-state index is 5.57. The average molecular weight is 335 g/mol. The third-order valence-electron chi connectivity index (χ3n) is 3.47. The number of rotatable bonds is 12. The molecule has 1 aromatic rings. The van der Waals surface area contributed by atoms with Crippen LogP contribution in [0.5, 0.6) is 0 Å². The lowest BCUT2D eigenvalue weighted by atomic mass is 10.1. The van der Waals surface area contributed by atoms with E-state index in [2.05, 4.69) is 47.7 Å². The molecule has 0 heterocycles. The van der Waals surface area contributed by atoms with Crippen LogP contribution in [0.2, 0.25) is 0 Å². The van der Waals surface area contributed by atoms with Gasteiger partial charge in [0.1, 0.15) is 0 Å². The topological polar surface area (TPSA) is 54.9 Å². The van der Waals surface area contributed by atoms with Crippen molar-refractivity contribution in [1.82, 2.24) is 10.6 Å². The van der Waals surface area contributed by atoms with Crippen molar-refractivity contribution in [3.8, 4) is 0 Å². The molecular formula is C19H33N3O2. The number of hydrogen-bond donors (Lipinski definition) is 2. The molecule has 0 unspecified atom stereocenters. The van der Waals surface area contributed by atoms with Crippen molar-refractivity contribution < 1.29 is 9.47 Å². The molecule has 0 atom stereocenters. The van der Waals surface area contributed by atoms with Gasteiger partial charge in [0.2, 0.25) is 0 Å². The average Bonchev–Trinajstić information content (AvgIpc) is 2.59. The summed E-state index contributed by atoms with van der Waals surface area (Å²) in [6.07, 6.45) is 3.30. The highest BCUT2D eigenvalue weighted by molar-refractivity contribution is 5.79. The van der Waals surface area contributed by atoms with Gasteiger partial charge in [-0.05, 0) is 30.9 Å². The summed E-state index contributed by atoms with van der Waals surface area (Å²) < 4.78 is 10.7. The van der Waals surface area contributed by atoms with Crippen molar-refractivity contribution in [2.45, 2.75) is 46.3 Å². The van der Waals surface area contributed by atoms with Gasteiger partial charge in [-0.15, -0.1) is 0 Å². The molecule has 5 heteroatoms. The number of nitrogens with zero attached hydrogens (tertiary/aromatic N) is 1. The van der Waals surface area contributed by atoms with Crippen LogP contribution in [0.1, 0.15) is 44.2 Å². The summed E-state index contributed by atoms with van der Waals surface area (Å²) in [4.78, 5) is 4.64. The molecule has 0 aliphatic heterocycles. The fourth-order valence-corrected chi connectivity index (χ4v) is 2.23. The Morgan fingerprint density at radius 2 is 1.88 bits per heavy atom. The fourth-order valence-electron chi connectivity index (χ4n) is 2.23. The minimum atomic E-state index is 0.633. The van der Waals surface area contributed by atoms with Gasteiger partial charge in [-0.2, -0.15) is 0 Å². The van der Waals surface area contributed by atoms with E-state index in [0.717, 1.165) is 45.1 Å². The number of ether oxygens (including phenoxy) is 2. The molecule has 1 aromatic carbocycles. The van der Waals surface area contributed by atoms with Gasteiger partial charge in [-0.25, -0.2) is 4.99 Å². The highest BCUT2D eigenvalue weighted by Gasteiger charge is 1.99. The lowest BCUT2D eigenvalue weighted by Crippen LogP contribution is -2.38. The third-order valence-corrected chi connectivity index (χ3v) is 3.47. The van der Waals surface area contributed by atoms with Crippen LogP contribution < -0.4 is 10.6 Å². The first kappa shape index (κ1) is 20.5. The fraction of sp³-hybridized carbons (Fsp3) is 0.632. The molecule has 0 amide bonds. The Balaban J connectivity index is 2.37. The maximum absolute atomic E-state index is 5.57. The van der Waals surface area contributed by atoms with E-state index in [1.54, 1.807) is 7.11 Å². The summed E-state index contributed by atoms with van der Waals surface area (Å²) in [5, 5.41) is 6.63. The maximum Gasteiger partial charge on any atom is 0.191 e.